The minimum atomic E-state index is -0.916. The molecule has 7 N–H and O–H groups in total. The molecule has 32 heteroatoms. The van der Waals surface area contributed by atoms with Crippen LogP contribution in [0.2, 0.25) is 0 Å². The number of benzene rings is 12. The molecule has 0 aromatic heterocycles. The van der Waals surface area contributed by atoms with Crippen molar-refractivity contribution in [3.8, 4) is 40.2 Å². The third-order valence-corrected chi connectivity index (χ3v) is 24.7. The lowest BCUT2D eigenvalue weighted by Gasteiger charge is -2.21. The van der Waals surface area contributed by atoms with Gasteiger partial charge >= 0.3 is 36.6 Å². The molecule has 0 heterocycles. The van der Waals surface area contributed by atoms with Crippen LogP contribution in [0.15, 0.2) is 218 Å². The summed E-state index contributed by atoms with van der Waals surface area (Å²) in [5.74, 6) is 5.75. The van der Waals surface area contributed by atoms with Crippen molar-refractivity contribution in [2.24, 2.45) is 0 Å². The Hall–Kier alpha value is -15.4. The molecule has 12 aromatic carbocycles. The number of aryl methyl sites for hydroxylation is 15. The van der Waals surface area contributed by atoms with Gasteiger partial charge < -0.3 is 66.7 Å². The molecule has 0 bridgehead atoms. The van der Waals surface area contributed by atoms with Crippen molar-refractivity contribution in [3.63, 3.8) is 0 Å². The number of anilines is 6. The second-order valence-electron chi connectivity index (χ2n) is 35.0. The van der Waals surface area contributed by atoms with Gasteiger partial charge in [-0.1, -0.05) is 221 Å². The molecular formula is C118H144N6O26. The van der Waals surface area contributed by atoms with Gasteiger partial charge in [0.2, 0.25) is 0 Å². The van der Waals surface area contributed by atoms with Crippen molar-refractivity contribution < 1.29 is 127 Å². The first-order valence-corrected chi connectivity index (χ1v) is 49.7. The fraction of sp³-hybridized carbons (Fsp3) is 0.339. The van der Waals surface area contributed by atoms with E-state index >= 15 is 0 Å². The van der Waals surface area contributed by atoms with Gasteiger partial charge in [-0.05, 0) is 266 Å². The summed E-state index contributed by atoms with van der Waals surface area (Å²) in [6, 6.07) is 67.8. The number of aliphatic hydroxyl groups is 1. The van der Waals surface area contributed by atoms with Crippen LogP contribution in [0, 0.1) is 55.4 Å². The van der Waals surface area contributed by atoms with Crippen molar-refractivity contribution in [1.29, 1.82) is 0 Å². The second-order valence-corrected chi connectivity index (χ2v) is 35.0. The zero-order chi connectivity index (χ0) is 110. The van der Waals surface area contributed by atoms with Crippen LogP contribution in [0.5, 0.6) is 40.2 Å². The molecule has 6 amide bonds. The summed E-state index contributed by atoms with van der Waals surface area (Å²) in [4.78, 5) is 70.0. The standard InChI is InChI=1S/C21H25NO4.C20H25NO5.C20H25NO4.C19H23NO5.2C19H23NO4/c1-4-15-12-14(2)8-11-20(15)26-13-18-17(16-9-10-16)6-5-7-19(18)22(24)21(23)25-3;1-5-15-12-14(3)10-11-18(15)26-13-16-17(21(23)20(22)24-4)8-7-9-19(16)25-6-2;1-5-15-8-7-9-18(21(23)20(22)24-4)17(15)13-25-19-11-10-14(3)12-16(19)6-2;1-4-14-10-13(2)8-9-18(14)25-12-16-15(11-21)6-5-7-17(16)20(23)19(22)24-3;2*1-5-15-11-13(2)9-10-18(15)24-12-16-14(3)7-6-8-17(16)20(22)19(21)23-4/h5-8,11-12,16,24H,4,9-10,13H2,1-3H3;7-12,23H,5-6,13H2,1-4H3;7-12,23H,5-6,13H2,1-4H3;5-10,21,23H,4,11-12H2,1-3H3;2*6-11,22H,5,12H2,1-4H3. The van der Waals surface area contributed by atoms with E-state index in [2.05, 4.69) is 106 Å². The number of ether oxygens (including phenoxy) is 13. The minimum Gasteiger partial charge on any atom is -0.493 e. The fourth-order valence-electron chi connectivity index (χ4n) is 16.3. The summed E-state index contributed by atoms with van der Waals surface area (Å²) >= 11 is 0. The van der Waals surface area contributed by atoms with E-state index in [9.17, 15) is 65.1 Å². The SMILES string of the molecule is CCOc1cccc(N(O)C(=O)OC)c1COc1ccc(C)cc1CC.CCc1cc(C)ccc1OCc1c(C)cccc1N(O)C(=O)OC.CCc1cc(C)ccc1OCc1c(C)cccc1N(O)C(=O)OC.CCc1cc(C)ccc1OCc1c(C2CC2)cccc1N(O)C(=O)OC.CCc1cc(C)ccc1OCc1c(CC)cccc1N(O)C(=O)OC.CCc1cc(C)ccc1OCc1c(CO)cccc1N(O)C(=O)OC. The van der Waals surface area contributed by atoms with E-state index in [0.717, 1.165) is 181 Å². The van der Waals surface area contributed by atoms with E-state index in [1.165, 1.54) is 64.9 Å². The van der Waals surface area contributed by atoms with Crippen molar-refractivity contribution in [2.45, 2.75) is 221 Å². The molecule has 13 rings (SSSR count). The Balaban J connectivity index is 0.000000219. The Morgan fingerprint density at radius 3 is 0.727 bits per heavy atom. The van der Waals surface area contributed by atoms with E-state index in [4.69, 9.17) is 33.2 Å². The maximum atomic E-state index is 11.8. The van der Waals surface area contributed by atoms with Gasteiger partial charge in [0, 0.05) is 27.8 Å². The number of nitrogens with zero attached hydrogens (tertiary/aromatic N) is 6. The highest BCUT2D eigenvalue weighted by Crippen LogP contribution is 2.45. The molecule has 0 spiro atoms. The Morgan fingerprint density at radius 1 is 0.247 bits per heavy atom. The first-order valence-electron chi connectivity index (χ1n) is 49.7. The zero-order valence-electron chi connectivity index (χ0n) is 90.0. The fourth-order valence-corrected chi connectivity index (χ4v) is 16.3. The lowest BCUT2D eigenvalue weighted by Crippen LogP contribution is -2.28. The lowest BCUT2D eigenvalue weighted by atomic mass is 10.0. The highest BCUT2D eigenvalue weighted by atomic mass is 16.7. The topological polar surface area (TPSA) is 383 Å². The van der Waals surface area contributed by atoms with Crippen LogP contribution in [-0.4, -0.2) is 122 Å². The molecule has 1 aliphatic carbocycles. The molecule has 0 atom stereocenters. The van der Waals surface area contributed by atoms with Crippen LogP contribution in [-0.2, 0) is 120 Å². The van der Waals surface area contributed by atoms with Crippen LogP contribution < -0.4 is 63.5 Å². The Morgan fingerprint density at radius 2 is 0.467 bits per heavy atom. The van der Waals surface area contributed by atoms with Crippen LogP contribution >= 0.6 is 0 Å². The smallest absolute Gasteiger partial charge is 0.438 e. The largest absolute Gasteiger partial charge is 0.493 e. The average Bonchev–Trinajstić information content (AvgIpc) is 1.63. The predicted molar refractivity (Wildman–Crippen MR) is 576 cm³/mol. The number of carbonyl (C=O) groups is 6. The molecule has 1 aliphatic rings. The quantitative estimate of drug-likeness (QED) is 0.0110. The molecule has 1 fully saturated rings. The number of amides is 6. The van der Waals surface area contributed by atoms with Crippen LogP contribution in [0.25, 0.3) is 0 Å². The highest BCUT2D eigenvalue weighted by molar-refractivity contribution is 5.90. The number of rotatable bonds is 35. The van der Waals surface area contributed by atoms with Gasteiger partial charge in [0.1, 0.15) is 79.9 Å². The number of hydrogen-bond donors (Lipinski definition) is 7. The van der Waals surface area contributed by atoms with E-state index in [1.807, 2.05) is 172 Å². The van der Waals surface area contributed by atoms with Gasteiger partial charge in [-0.25, -0.2) is 28.8 Å². The molecule has 1 saturated carbocycles. The van der Waals surface area contributed by atoms with Crippen molar-refractivity contribution in [1.82, 2.24) is 0 Å². The van der Waals surface area contributed by atoms with E-state index in [0.29, 0.717) is 88.1 Å². The highest BCUT2D eigenvalue weighted by Gasteiger charge is 2.32. The summed E-state index contributed by atoms with van der Waals surface area (Å²) in [5.41, 5.74) is 24.3. The van der Waals surface area contributed by atoms with Gasteiger partial charge in [0.05, 0.1) is 95.6 Å². The van der Waals surface area contributed by atoms with Gasteiger partial charge in [0.25, 0.3) is 0 Å². The monoisotopic (exact) mass is 2060 g/mol. The third kappa shape index (κ3) is 33.3. The Labute approximate surface area is 879 Å². The molecule has 12 aromatic rings. The molecule has 0 aliphatic heterocycles. The average molecular weight is 2060 g/mol. The summed E-state index contributed by atoms with van der Waals surface area (Å²) < 4.78 is 69.1. The Kier molecular flexibility index (Phi) is 48.0. The van der Waals surface area contributed by atoms with E-state index in [1.54, 1.807) is 78.9 Å². The first kappa shape index (κ1) is 120. The van der Waals surface area contributed by atoms with Gasteiger partial charge in [-0.3, -0.25) is 31.2 Å². The molecule has 0 radical (unpaired) electrons. The number of carbonyl (C=O) groups excluding carboxylic acids is 6. The summed E-state index contributed by atoms with van der Waals surface area (Å²) in [7, 11) is 7.29. The van der Waals surface area contributed by atoms with E-state index in [-0.39, 0.29) is 57.6 Å². The Bertz CT molecular complexity index is 6230. The summed E-state index contributed by atoms with van der Waals surface area (Å²) in [5, 5.41) is 73.1. The molecule has 0 saturated heterocycles. The first-order chi connectivity index (χ1) is 72.0. The van der Waals surface area contributed by atoms with Crippen LogP contribution in [0.3, 0.4) is 0 Å². The molecule has 32 nitrogen and oxygen atoms in total. The number of aliphatic hydroxyl groups excluding tert-OH is 1. The molecule has 150 heavy (non-hydrogen) atoms. The third-order valence-electron chi connectivity index (χ3n) is 24.7. The minimum absolute atomic E-state index is 0.0934. The maximum Gasteiger partial charge on any atom is 0.438 e. The number of hydroxylamine groups is 6. The zero-order valence-corrected chi connectivity index (χ0v) is 90.0. The normalized spacial score (nSPS) is 10.9. The van der Waals surface area contributed by atoms with Gasteiger partial charge in [0.15, 0.2) is 0 Å². The molecule has 0 unspecified atom stereocenters. The maximum absolute atomic E-state index is 11.8. The predicted octanol–water partition coefficient (Wildman–Crippen LogP) is 26.5. The summed E-state index contributed by atoms with van der Waals surface area (Å²) in [6.45, 7) is 33.8. The van der Waals surface area contributed by atoms with Crippen LogP contribution in [0.1, 0.15) is 202 Å². The van der Waals surface area contributed by atoms with Gasteiger partial charge in [-0.2, -0.15) is 30.4 Å². The van der Waals surface area contributed by atoms with E-state index < -0.39 is 36.6 Å². The number of hydrogen-bond acceptors (Lipinski definition) is 26. The second kappa shape index (κ2) is 60.1. The lowest BCUT2D eigenvalue weighted by molar-refractivity contribution is 0.140. The van der Waals surface area contributed by atoms with Crippen molar-refractivity contribution >= 4 is 70.7 Å². The van der Waals surface area contributed by atoms with Crippen molar-refractivity contribution in [2.75, 3.05) is 79.6 Å². The van der Waals surface area contributed by atoms with Crippen LogP contribution in [0.4, 0.5) is 62.9 Å². The number of methoxy groups -OCH3 is 6. The molecular weight excluding hydrogens is 1920 g/mol. The molecule has 802 valence electrons. The van der Waals surface area contributed by atoms with Gasteiger partial charge in [-0.15, -0.1) is 0 Å². The summed E-state index contributed by atoms with van der Waals surface area (Å²) in [6.07, 6.45) is 3.00. The van der Waals surface area contributed by atoms with Crippen molar-refractivity contribution in [3.05, 3.63) is 346 Å².